The molecular weight excluding hydrogens is 362 g/mol. The van der Waals surface area contributed by atoms with E-state index < -0.39 is 11.2 Å². The predicted molar refractivity (Wildman–Crippen MR) is 103 cm³/mol. The van der Waals surface area contributed by atoms with E-state index in [-0.39, 0.29) is 11.5 Å². The number of aryl methyl sites for hydroxylation is 2. The molecule has 0 bridgehead atoms. The van der Waals surface area contributed by atoms with Crippen molar-refractivity contribution in [3.05, 3.63) is 52.7 Å². The molecule has 1 aromatic carbocycles. The van der Waals surface area contributed by atoms with Crippen molar-refractivity contribution in [2.75, 3.05) is 5.32 Å². The number of aromatic carboxylic acids is 1. The second-order valence-electron chi connectivity index (χ2n) is 6.40. The maximum Gasteiger partial charge on any atom is 0.335 e. The summed E-state index contributed by atoms with van der Waals surface area (Å²) in [5, 5.41) is 21.3. The fourth-order valence-corrected chi connectivity index (χ4v) is 3.87. The molecule has 27 heavy (non-hydrogen) atoms. The number of carboxylic acids is 1. The number of thioether (sulfide) groups is 1. The lowest BCUT2D eigenvalue weighted by atomic mass is 9.95. The van der Waals surface area contributed by atoms with Gasteiger partial charge >= 0.3 is 5.97 Å². The fourth-order valence-electron chi connectivity index (χ4n) is 2.98. The van der Waals surface area contributed by atoms with Crippen LogP contribution in [0.4, 0.5) is 5.69 Å². The van der Waals surface area contributed by atoms with Crippen LogP contribution in [0.5, 0.6) is 0 Å². The molecule has 0 saturated heterocycles. The lowest BCUT2D eigenvalue weighted by molar-refractivity contribution is -0.115. The number of rotatable bonds is 5. The van der Waals surface area contributed by atoms with Crippen LogP contribution in [0.3, 0.4) is 0 Å². The highest BCUT2D eigenvalue weighted by molar-refractivity contribution is 8.00. The Balaban J connectivity index is 1.74. The number of benzene rings is 1. The summed E-state index contributed by atoms with van der Waals surface area (Å²) in [6, 6.07) is 10.2. The van der Waals surface area contributed by atoms with Gasteiger partial charge in [0.15, 0.2) is 0 Å². The highest BCUT2D eigenvalue weighted by Gasteiger charge is 2.21. The smallest absolute Gasteiger partial charge is 0.335 e. The number of pyridine rings is 1. The van der Waals surface area contributed by atoms with Gasteiger partial charge in [0, 0.05) is 11.4 Å². The maximum atomic E-state index is 12.5. The van der Waals surface area contributed by atoms with E-state index in [4.69, 9.17) is 5.11 Å². The summed E-state index contributed by atoms with van der Waals surface area (Å²) in [6.07, 6.45) is 4.04. The SMILES string of the molecule is CC(Sc1nc2c(cc1C#N)CCCC2)C(=O)Nc1cccc(C(=O)O)c1. The Morgan fingerprint density at radius 1 is 1.30 bits per heavy atom. The third kappa shape index (κ3) is 4.47. The van der Waals surface area contributed by atoms with Gasteiger partial charge in [-0.1, -0.05) is 17.8 Å². The summed E-state index contributed by atoms with van der Waals surface area (Å²) in [5.74, 6) is -1.32. The van der Waals surface area contributed by atoms with Gasteiger partial charge in [-0.3, -0.25) is 4.79 Å². The molecule has 138 valence electrons. The van der Waals surface area contributed by atoms with E-state index in [0.717, 1.165) is 36.9 Å². The van der Waals surface area contributed by atoms with Crippen molar-refractivity contribution in [2.24, 2.45) is 0 Å². The van der Waals surface area contributed by atoms with Gasteiger partial charge in [-0.05, 0) is 62.4 Å². The standard InChI is InChI=1S/C20H19N3O3S/c1-12(18(24)22-16-7-4-6-14(10-16)20(25)26)27-19-15(11-21)9-13-5-2-3-8-17(13)23-19/h4,6-7,9-10,12H,2-3,5,8H2,1H3,(H,22,24)(H,25,26). The van der Waals surface area contributed by atoms with E-state index in [1.54, 1.807) is 19.1 Å². The van der Waals surface area contributed by atoms with Crippen molar-refractivity contribution < 1.29 is 14.7 Å². The van der Waals surface area contributed by atoms with E-state index in [1.165, 1.54) is 23.9 Å². The van der Waals surface area contributed by atoms with Crippen LogP contribution in [0.1, 0.15) is 46.9 Å². The third-order valence-electron chi connectivity index (χ3n) is 4.42. The molecule has 0 saturated carbocycles. The van der Waals surface area contributed by atoms with Crippen molar-refractivity contribution >= 4 is 29.3 Å². The van der Waals surface area contributed by atoms with Gasteiger partial charge < -0.3 is 10.4 Å². The zero-order valence-corrected chi connectivity index (χ0v) is 15.7. The Morgan fingerprint density at radius 3 is 2.81 bits per heavy atom. The maximum absolute atomic E-state index is 12.5. The molecule has 1 aromatic heterocycles. The summed E-state index contributed by atoms with van der Waals surface area (Å²) in [6.45, 7) is 1.74. The minimum atomic E-state index is -1.05. The number of carboxylic acid groups (broad SMARTS) is 1. The normalized spacial score (nSPS) is 13.9. The molecule has 7 heteroatoms. The Hall–Kier alpha value is -2.85. The fraction of sp³-hybridized carbons (Fsp3) is 0.300. The van der Waals surface area contributed by atoms with Gasteiger partial charge in [0.1, 0.15) is 11.1 Å². The molecule has 2 aromatic rings. The summed E-state index contributed by atoms with van der Waals surface area (Å²) >= 11 is 1.24. The topological polar surface area (TPSA) is 103 Å². The van der Waals surface area contributed by atoms with E-state index in [1.807, 2.05) is 6.07 Å². The first-order valence-corrected chi connectivity index (χ1v) is 9.59. The number of nitriles is 1. The number of amides is 1. The molecule has 1 aliphatic rings. The molecule has 0 spiro atoms. The van der Waals surface area contributed by atoms with E-state index in [0.29, 0.717) is 16.3 Å². The monoisotopic (exact) mass is 381 g/mol. The lowest BCUT2D eigenvalue weighted by Crippen LogP contribution is -2.23. The number of carbonyl (C=O) groups excluding carboxylic acids is 1. The van der Waals surface area contributed by atoms with Crippen LogP contribution >= 0.6 is 11.8 Å². The number of fused-ring (bicyclic) bond motifs is 1. The zero-order chi connectivity index (χ0) is 19.4. The number of hydrogen-bond donors (Lipinski definition) is 2. The van der Waals surface area contributed by atoms with Crippen molar-refractivity contribution in [1.82, 2.24) is 4.98 Å². The van der Waals surface area contributed by atoms with E-state index in [2.05, 4.69) is 16.4 Å². The first-order valence-electron chi connectivity index (χ1n) is 8.71. The van der Waals surface area contributed by atoms with Gasteiger partial charge in [0.25, 0.3) is 0 Å². The first-order chi connectivity index (χ1) is 13.0. The summed E-state index contributed by atoms with van der Waals surface area (Å²) in [4.78, 5) is 28.2. The highest BCUT2D eigenvalue weighted by atomic mass is 32.2. The second kappa shape index (κ2) is 8.23. The predicted octanol–water partition coefficient (Wildman–Crippen LogP) is 3.65. The number of nitrogens with zero attached hydrogens (tertiary/aromatic N) is 2. The van der Waals surface area contributed by atoms with Crippen LogP contribution < -0.4 is 5.32 Å². The van der Waals surface area contributed by atoms with Gasteiger partial charge in [-0.15, -0.1) is 0 Å². The Kier molecular flexibility index (Phi) is 5.77. The van der Waals surface area contributed by atoms with Gasteiger partial charge in [-0.2, -0.15) is 5.26 Å². The van der Waals surface area contributed by atoms with Crippen LogP contribution in [0.25, 0.3) is 0 Å². The third-order valence-corrected chi connectivity index (χ3v) is 5.52. The summed E-state index contributed by atoms with van der Waals surface area (Å²) in [5.41, 5.74) is 3.17. The number of hydrogen-bond acceptors (Lipinski definition) is 5. The average Bonchev–Trinajstić information content (AvgIpc) is 2.67. The molecule has 0 radical (unpaired) electrons. The highest BCUT2D eigenvalue weighted by Crippen LogP contribution is 2.30. The lowest BCUT2D eigenvalue weighted by Gasteiger charge is -2.18. The molecular formula is C20H19N3O3S. The van der Waals surface area contributed by atoms with Gasteiger partial charge in [0.05, 0.1) is 16.4 Å². The Labute approximate surface area is 161 Å². The Bertz CT molecular complexity index is 937. The minimum Gasteiger partial charge on any atom is -0.478 e. The molecule has 1 atom stereocenters. The average molecular weight is 381 g/mol. The molecule has 1 aliphatic carbocycles. The van der Waals surface area contributed by atoms with Gasteiger partial charge in [0.2, 0.25) is 5.91 Å². The molecule has 6 nitrogen and oxygen atoms in total. The van der Waals surface area contributed by atoms with Crippen LogP contribution in [-0.4, -0.2) is 27.2 Å². The molecule has 0 fully saturated rings. The van der Waals surface area contributed by atoms with Crippen molar-refractivity contribution in [3.63, 3.8) is 0 Å². The van der Waals surface area contributed by atoms with E-state index in [9.17, 15) is 14.9 Å². The zero-order valence-electron chi connectivity index (χ0n) is 14.9. The van der Waals surface area contributed by atoms with Crippen molar-refractivity contribution in [3.8, 4) is 6.07 Å². The Morgan fingerprint density at radius 2 is 2.07 bits per heavy atom. The number of nitrogens with one attached hydrogen (secondary N) is 1. The van der Waals surface area contributed by atoms with Crippen LogP contribution in [0.15, 0.2) is 35.4 Å². The van der Waals surface area contributed by atoms with Crippen LogP contribution in [0, 0.1) is 11.3 Å². The molecule has 1 amide bonds. The summed E-state index contributed by atoms with van der Waals surface area (Å²) in [7, 11) is 0. The van der Waals surface area contributed by atoms with Crippen molar-refractivity contribution in [2.45, 2.75) is 42.9 Å². The molecule has 1 unspecified atom stereocenters. The summed E-state index contributed by atoms with van der Waals surface area (Å²) < 4.78 is 0. The quantitative estimate of drug-likeness (QED) is 0.766. The van der Waals surface area contributed by atoms with Crippen LogP contribution in [-0.2, 0) is 17.6 Å². The first kappa shape index (κ1) is 18.9. The second-order valence-corrected chi connectivity index (χ2v) is 7.73. The molecule has 0 aliphatic heterocycles. The molecule has 3 rings (SSSR count). The van der Waals surface area contributed by atoms with Crippen LogP contribution in [0.2, 0.25) is 0 Å². The number of anilines is 1. The largest absolute Gasteiger partial charge is 0.478 e. The number of aromatic nitrogens is 1. The molecule has 2 N–H and O–H groups in total. The van der Waals surface area contributed by atoms with Gasteiger partial charge in [-0.25, -0.2) is 9.78 Å². The van der Waals surface area contributed by atoms with Crippen molar-refractivity contribution in [1.29, 1.82) is 5.26 Å². The minimum absolute atomic E-state index is 0.108. The molecule has 1 heterocycles. The van der Waals surface area contributed by atoms with E-state index >= 15 is 0 Å². The number of carbonyl (C=O) groups is 2.